The molecule has 1 fully saturated rings. The minimum atomic E-state index is -0.0825. The van der Waals surface area contributed by atoms with Crippen molar-refractivity contribution < 1.29 is 9.47 Å². The minimum Gasteiger partial charge on any atom is -0.493 e. The lowest BCUT2D eigenvalue weighted by atomic mass is 10.0. The number of rotatable bonds is 8. The number of benzene rings is 1. The normalized spacial score (nSPS) is 17.1. The maximum Gasteiger partial charge on any atom is 0.173 e. The number of hydrogen-bond acceptors (Lipinski definition) is 7. The van der Waals surface area contributed by atoms with Gasteiger partial charge < -0.3 is 14.4 Å². The molecule has 28 heavy (non-hydrogen) atoms. The van der Waals surface area contributed by atoms with Crippen molar-refractivity contribution in [3.8, 4) is 11.5 Å². The molecular formula is C20H32N6O2. The van der Waals surface area contributed by atoms with Crippen molar-refractivity contribution in [1.29, 1.82) is 0 Å². The lowest BCUT2D eigenvalue weighted by molar-refractivity contribution is 0.119. The second-order valence-electron chi connectivity index (χ2n) is 7.77. The molecule has 2 aromatic rings. The topological polar surface area (TPSA) is 68.5 Å². The Labute approximate surface area is 167 Å². The third-order valence-corrected chi connectivity index (χ3v) is 5.35. The smallest absolute Gasteiger partial charge is 0.173 e. The highest BCUT2D eigenvalue weighted by molar-refractivity contribution is 5.49. The highest BCUT2D eigenvalue weighted by Crippen LogP contribution is 2.39. The van der Waals surface area contributed by atoms with Gasteiger partial charge in [0.15, 0.2) is 17.3 Å². The molecule has 1 saturated heterocycles. The molecule has 154 valence electrons. The van der Waals surface area contributed by atoms with Gasteiger partial charge in [0.2, 0.25) is 0 Å². The number of nitrogens with zero attached hydrogens (tertiary/aromatic N) is 6. The standard InChI is InChI=1S/C20H32N6O2/c1-15(2)9-10-26-20(21-22-23-26)18(25-13-11-24(3)12-14-25)16-7-6-8-17(27-4)19(16)28-5/h6-8,15,18H,9-14H2,1-5H3. The van der Waals surface area contributed by atoms with E-state index < -0.39 is 0 Å². The first-order valence-electron chi connectivity index (χ1n) is 9.94. The average molecular weight is 389 g/mol. The minimum absolute atomic E-state index is 0.0825. The van der Waals surface area contributed by atoms with Gasteiger partial charge in [-0.3, -0.25) is 4.90 Å². The van der Waals surface area contributed by atoms with Gasteiger partial charge in [-0.25, -0.2) is 4.68 Å². The summed E-state index contributed by atoms with van der Waals surface area (Å²) in [6.45, 7) is 9.14. The van der Waals surface area contributed by atoms with E-state index in [9.17, 15) is 0 Å². The van der Waals surface area contributed by atoms with Crippen LogP contribution in [0.15, 0.2) is 18.2 Å². The fourth-order valence-corrected chi connectivity index (χ4v) is 3.65. The Morgan fingerprint density at radius 1 is 1.07 bits per heavy atom. The number of para-hydroxylation sites is 1. The van der Waals surface area contributed by atoms with Crippen LogP contribution in [0.2, 0.25) is 0 Å². The Kier molecular flexibility index (Phi) is 6.85. The maximum atomic E-state index is 5.76. The molecule has 0 saturated carbocycles. The van der Waals surface area contributed by atoms with Gasteiger partial charge in [-0.2, -0.15) is 0 Å². The van der Waals surface area contributed by atoms with Crippen molar-refractivity contribution in [3.05, 3.63) is 29.6 Å². The summed E-state index contributed by atoms with van der Waals surface area (Å²) in [5.41, 5.74) is 1.03. The fourth-order valence-electron chi connectivity index (χ4n) is 3.65. The quantitative estimate of drug-likeness (QED) is 0.686. The van der Waals surface area contributed by atoms with E-state index in [4.69, 9.17) is 9.47 Å². The van der Waals surface area contributed by atoms with E-state index in [1.807, 2.05) is 16.8 Å². The van der Waals surface area contributed by atoms with Crippen LogP contribution in [-0.2, 0) is 6.54 Å². The highest BCUT2D eigenvalue weighted by atomic mass is 16.5. The maximum absolute atomic E-state index is 5.76. The van der Waals surface area contributed by atoms with E-state index in [0.29, 0.717) is 5.92 Å². The van der Waals surface area contributed by atoms with Crippen LogP contribution in [0.5, 0.6) is 11.5 Å². The Bertz CT molecular complexity index is 755. The number of methoxy groups -OCH3 is 2. The van der Waals surface area contributed by atoms with Gasteiger partial charge in [-0.15, -0.1) is 5.10 Å². The molecule has 1 atom stereocenters. The van der Waals surface area contributed by atoms with Crippen LogP contribution in [0.3, 0.4) is 0 Å². The van der Waals surface area contributed by atoms with Gasteiger partial charge in [0.1, 0.15) is 6.04 Å². The molecule has 1 unspecified atom stereocenters. The van der Waals surface area contributed by atoms with Gasteiger partial charge in [0, 0.05) is 38.3 Å². The monoisotopic (exact) mass is 388 g/mol. The van der Waals surface area contributed by atoms with Crippen molar-refractivity contribution >= 4 is 0 Å². The molecule has 1 aliphatic heterocycles. The average Bonchev–Trinajstić information content (AvgIpc) is 3.16. The molecule has 0 spiro atoms. The summed E-state index contributed by atoms with van der Waals surface area (Å²) in [5.74, 6) is 2.91. The van der Waals surface area contributed by atoms with E-state index in [2.05, 4.69) is 52.3 Å². The zero-order valence-electron chi connectivity index (χ0n) is 17.6. The van der Waals surface area contributed by atoms with E-state index >= 15 is 0 Å². The summed E-state index contributed by atoms with van der Waals surface area (Å²) in [7, 11) is 5.51. The molecule has 2 heterocycles. The predicted molar refractivity (Wildman–Crippen MR) is 108 cm³/mol. The predicted octanol–water partition coefficient (Wildman–Crippen LogP) is 2.07. The zero-order valence-corrected chi connectivity index (χ0v) is 17.6. The first-order valence-corrected chi connectivity index (χ1v) is 9.94. The molecule has 1 aliphatic rings. The van der Waals surface area contributed by atoms with E-state index in [1.165, 1.54) is 0 Å². The number of aromatic nitrogens is 4. The van der Waals surface area contributed by atoms with Crippen LogP contribution >= 0.6 is 0 Å². The Morgan fingerprint density at radius 3 is 2.46 bits per heavy atom. The fraction of sp³-hybridized carbons (Fsp3) is 0.650. The summed E-state index contributed by atoms with van der Waals surface area (Å²) >= 11 is 0. The van der Waals surface area contributed by atoms with Crippen molar-refractivity contribution in [2.45, 2.75) is 32.9 Å². The first kappa shape index (κ1) is 20.5. The van der Waals surface area contributed by atoms with Crippen LogP contribution in [0.4, 0.5) is 0 Å². The molecule has 0 aliphatic carbocycles. The molecule has 1 aromatic carbocycles. The number of tetrazole rings is 1. The first-order chi connectivity index (χ1) is 13.5. The summed E-state index contributed by atoms with van der Waals surface area (Å²) in [6, 6.07) is 5.93. The number of ether oxygens (including phenoxy) is 2. The molecule has 0 bridgehead atoms. The molecule has 1 aromatic heterocycles. The van der Waals surface area contributed by atoms with Crippen LogP contribution in [0.1, 0.15) is 37.7 Å². The van der Waals surface area contributed by atoms with Gasteiger partial charge in [-0.1, -0.05) is 26.0 Å². The number of aryl methyl sites for hydroxylation is 1. The van der Waals surface area contributed by atoms with Crippen molar-refractivity contribution in [2.24, 2.45) is 5.92 Å². The van der Waals surface area contributed by atoms with Crippen LogP contribution in [0.25, 0.3) is 0 Å². The van der Waals surface area contributed by atoms with Crippen molar-refractivity contribution in [1.82, 2.24) is 30.0 Å². The largest absolute Gasteiger partial charge is 0.493 e. The number of likely N-dealkylation sites (N-methyl/N-ethyl adjacent to an activating group) is 1. The Balaban J connectivity index is 2.04. The molecule has 3 rings (SSSR count). The van der Waals surface area contributed by atoms with Crippen LogP contribution in [-0.4, -0.2) is 77.5 Å². The highest BCUT2D eigenvalue weighted by Gasteiger charge is 2.32. The number of piperazine rings is 1. The second-order valence-corrected chi connectivity index (χ2v) is 7.77. The zero-order chi connectivity index (χ0) is 20.1. The third kappa shape index (κ3) is 4.44. The van der Waals surface area contributed by atoms with Gasteiger partial charge in [0.25, 0.3) is 0 Å². The van der Waals surface area contributed by atoms with E-state index in [1.54, 1.807) is 14.2 Å². The second kappa shape index (κ2) is 9.34. The lowest BCUT2D eigenvalue weighted by Gasteiger charge is -2.38. The third-order valence-electron chi connectivity index (χ3n) is 5.35. The summed E-state index contributed by atoms with van der Waals surface area (Å²) in [5, 5.41) is 12.7. The molecule has 0 radical (unpaired) electrons. The molecule has 0 N–H and O–H groups in total. The van der Waals surface area contributed by atoms with Gasteiger partial charge >= 0.3 is 0 Å². The Morgan fingerprint density at radius 2 is 1.82 bits per heavy atom. The lowest BCUT2D eigenvalue weighted by Crippen LogP contribution is -2.46. The van der Waals surface area contributed by atoms with Crippen LogP contribution in [0, 0.1) is 5.92 Å². The molecule has 8 nitrogen and oxygen atoms in total. The van der Waals surface area contributed by atoms with Gasteiger partial charge in [-0.05, 0) is 35.9 Å². The SMILES string of the molecule is COc1cccc(C(c2nnnn2CCC(C)C)N2CCN(C)CC2)c1OC. The molecule has 8 heteroatoms. The van der Waals surface area contributed by atoms with Gasteiger partial charge in [0.05, 0.1) is 14.2 Å². The van der Waals surface area contributed by atoms with E-state index in [-0.39, 0.29) is 6.04 Å². The van der Waals surface area contributed by atoms with Crippen LogP contribution < -0.4 is 9.47 Å². The number of hydrogen-bond donors (Lipinski definition) is 0. The summed E-state index contributed by atoms with van der Waals surface area (Å²) in [4.78, 5) is 4.78. The molecular weight excluding hydrogens is 356 g/mol. The Hall–Kier alpha value is -2.19. The summed E-state index contributed by atoms with van der Waals surface area (Å²) < 4.78 is 13.3. The summed E-state index contributed by atoms with van der Waals surface area (Å²) in [6.07, 6.45) is 1.03. The van der Waals surface area contributed by atoms with E-state index in [0.717, 1.165) is 62.0 Å². The molecule has 0 amide bonds. The van der Waals surface area contributed by atoms with Crippen molar-refractivity contribution in [2.75, 3.05) is 47.4 Å². The van der Waals surface area contributed by atoms with Crippen molar-refractivity contribution in [3.63, 3.8) is 0 Å².